The number of urea groups is 1. The maximum atomic E-state index is 12.0. The van der Waals surface area contributed by atoms with Crippen LogP contribution in [0.5, 0.6) is 0 Å². The largest absolute Gasteiger partial charge is 0.411 e. The molecule has 0 spiro atoms. The number of carbonyl (C=O) groups excluding carboxylic acids is 1. The average molecular weight is 364 g/mol. The number of rotatable bonds is 5. The van der Waals surface area contributed by atoms with Gasteiger partial charge in [0.2, 0.25) is 0 Å². The van der Waals surface area contributed by atoms with Crippen molar-refractivity contribution in [2.24, 2.45) is 0 Å². The lowest BCUT2D eigenvalue weighted by atomic mass is 10.1. The third kappa shape index (κ3) is 4.54. The lowest BCUT2D eigenvalue weighted by Crippen LogP contribution is -2.39. The van der Waals surface area contributed by atoms with Gasteiger partial charge in [0.15, 0.2) is 0 Å². The fourth-order valence-electron chi connectivity index (χ4n) is 3.01. The van der Waals surface area contributed by atoms with Gasteiger partial charge >= 0.3 is 12.2 Å². The van der Waals surface area contributed by atoms with Crippen molar-refractivity contribution in [3.63, 3.8) is 0 Å². The van der Waals surface area contributed by atoms with Gasteiger partial charge in [-0.15, -0.1) is 0 Å². The van der Waals surface area contributed by atoms with Gasteiger partial charge in [-0.1, -0.05) is 30.3 Å². The topological polar surface area (TPSA) is 50.4 Å². The predicted octanol–water partition coefficient (Wildman–Crippen LogP) is 4.35. The highest BCUT2D eigenvalue weighted by atomic mass is 19.4. The molecule has 7 heteroatoms. The summed E-state index contributed by atoms with van der Waals surface area (Å²) in [5, 5.41) is 5.27. The number of ether oxygens (including phenoxy) is 1. The van der Waals surface area contributed by atoms with Crippen LogP contribution in [-0.2, 0) is 11.2 Å². The van der Waals surface area contributed by atoms with Crippen molar-refractivity contribution in [2.75, 3.05) is 18.5 Å². The van der Waals surface area contributed by atoms with E-state index < -0.39 is 24.9 Å². The van der Waals surface area contributed by atoms with E-state index in [-0.39, 0.29) is 6.61 Å². The van der Waals surface area contributed by atoms with Gasteiger partial charge in [-0.05, 0) is 47.7 Å². The summed E-state index contributed by atoms with van der Waals surface area (Å²) in [5.41, 5.74) is 5.37. The Balaban J connectivity index is 1.53. The first-order valence-corrected chi connectivity index (χ1v) is 8.25. The van der Waals surface area contributed by atoms with Crippen LogP contribution in [0.1, 0.15) is 18.1 Å². The Bertz CT molecular complexity index is 806. The van der Waals surface area contributed by atoms with E-state index in [9.17, 15) is 18.0 Å². The molecule has 2 N–H and O–H groups in total. The lowest BCUT2D eigenvalue weighted by Gasteiger charge is -2.16. The molecule has 138 valence electrons. The summed E-state index contributed by atoms with van der Waals surface area (Å²) in [4.78, 5) is 12.0. The zero-order valence-corrected chi connectivity index (χ0v) is 14.2. The Morgan fingerprint density at radius 2 is 1.88 bits per heavy atom. The summed E-state index contributed by atoms with van der Waals surface area (Å²) in [7, 11) is 0. The average Bonchev–Trinajstić information content (AvgIpc) is 2.91. The van der Waals surface area contributed by atoms with E-state index in [4.69, 9.17) is 0 Å². The second kappa shape index (κ2) is 7.37. The molecule has 2 aromatic carbocycles. The van der Waals surface area contributed by atoms with Crippen LogP contribution in [-0.4, -0.2) is 31.5 Å². The van der Waals surface area contributed by atoms with Crippen LogP contribution in [0.2, 0.25) is 0 Å². The third-order valence-electron chi connectivity index (χ3n) is 4.06. The number of fused-ring (bicyclic) bond motifs is 3. The highest BCUT2D eigenvalue weighted by Crippen LogP contribution is 2.37. The molecule has 3 rings (SSSR count). The SMILES string of the molecule is CC(COCC(F)(F)F)NC(=O)Nc1ccc2c(c1)Cc1ccccc1-2. The van der Waals surface area contributed by atoms with Crippen molar-refractivity contribution in [1.29, 1.82) is 0 Å². The van der Waals surface area contributed by atoms with Gasteiger partial charge in [0, 0.05) is 5.69 Å². The quantitative estimate of drug-likeness (QED) is 0.707. The summed E-state index contributed by atoms with van der Waals surface area (Å²) < 4.78 is 40.7. The smallest absolute Gasteiger partial charge is 0.370 e. The molecule has 0 aromatic heterocycles. The number of amides is 2. The number of hydrogen-bond donors (Lipinski definition) is 2. The molecule has 1 aliphatic rings. The maximum Gasteiger partial charge on any atom is 0.411 e. The van der Waals surface area contributed by atoms with Crippen LogP contribution in [0.4, 0.5) is 23.7 Å². The zero-order chi connectivity index (χ0) is 18.7. The van der Waals surface area contributed by atoms with E-state index in [2.05, 4.69) is 27.5 Å². The number of anilines is 1. The van der Waals surface area contributed by atoms with E-state index in [0.29, 0.717) is 5.69 Å². The highest BCUT2D eigenvalue weighted by molar-refractivity contribution is 5.90. The Kier molecular flexibility index (Phi) is 5.18. The van der Waals surface area contributed by atoms with Gasteiger partial charge in [-0.25, -0.2) is 4.79 Å². The minimum atomic E-state index is -4.37. The van der Waals surface area contributed by atoms with Crippen molar-refractivity contribution in [2.45, 2.75) is 25.6 Å². The molecule has 0 saturated heterocycles. The van der Waals surface area contributed by atoms with Crippen molar-refractivity contribution in [3.8, 4) is 11.1 Å². The molecule has 0 fully saturated rings. The number of hydrogen-bond acceptors (Lipinski definition) is 2. The lowest BCUT2D eigenvalue weighted by molar-refractivity contribution is -0.174. The van der Waals surface area contributed by atoms with Gasteiger partial charge in [0.25, 0.3) is 0 Å². The molecule has 2 amide bonds. The van der Waals surface area contributed by atoms with Crippen LogP contribution in [0.3, 0.4) is 0 Å². The van der Waals surface area contributed by atoms with Crippen LogP contribution >= 0.6 is 0 Å². The molecule has 0 saturated carbocycles. The molecule has 0 radical (unpaired) electrons. The summed E-state index contributed by atoms with van der Waals surface area (Å²) in [6.07, 6.45) is -3.56. The molecular weight excluding hydrogens is 345 g/mol. The Morgan fingerprint density at radius 1 is 1.15 bits per heavy atom. The monoisotopic (exact) mass is 364 g/mol. The number of carbonyl (C=O) groups is 1. The van der Waals surface area contributed by atoms with Gasteiger partial charge in [0.05, 0.1) is 12.6 Å². The van der Waals surface area contributed by atoms with Crippen LogP contribution in [0, 0.1) is 0 Å². The molecule has 4 nitrogen and oxygen atoms in total. The van der Waals surface area contributed by atoms with Crippen LogP contribution in [0.15, 0.2) is 42.5 Å². The maximum absolute atomic E-state index is 12.0. The van der Waals surface area contributed by atoms with E-state index in [1.165, 1.54) is 11.1 Å². The number of halogens is 3. The van der Waals surface area contributed by atoms with Crippen molar-refractivity contribution < 1.29 is 22.7 Å². The van der Waals surface area contributed by atoms with E-state index in [0.717, 1.165) is 17.5 Å². The van der Waals surface area contributed by atoms with Crippen molar-refractivity contribution in [1.82, 2.24) is 5.32 Å². The number of nitrogens with one attached hydrogen (secondary N) is 2. The molecule has 26 heavy (non-hydrogen) atoms. The highest BCUT2D eigenvalue weighted by Gasteiger charge is 2.27. The minimum Gasteiger partial charge on any atom is -0.370 e. The Labute approximate surface area is 149 Å². The van der Waals surface area contributed by atoms with Gasteiger partial charge < -0.3 is 15.4 Å². The normalized spacial score (nSPS) is 13.7. The fraction of sp³-hybridized carbons (Fsp3) is 0.316. The van der Waals surface area contributed by atoms with Crippen molar-refractivity contribution >= 4 is 11.7 Å². The summed E-state index contributed by atoms with van der Waals surface area (Å²) in [6.45, 7) is 0.0355. The molecular formula is C19H19F3N2O2. The minimum absolute atomic E-state index is 0.216. The van der Waals surface area contributed by atoms with Gasteiger partial charge in [0.1, 0.15) is 6.61 Å². The first kappa shape index (κ1) is 18.3. The molecule has 1 aliphatic carbocycles. The molecule has 1 unspecified atom stereocenters. The van der Waals surface area contributed by atoms with Crippen LogP contribution < -0.4 is 10.6 Å². The van der Waals surface area contributed by atoms with E-state index in [1.54, 1.807) is 6.92 Å². The van der Waals surface area contributed by atoms with Crippen molar-refractivity contribution in [3.05, 3.63) is 53.6 Å². The zero-order valence-electron chi connectivity index (χ0n) is 14.2. The van der Waals surface area contributed by atoms with Gasteiger partial charge in [-0.3, -0.25) is 0 Å². The number of alkyl halides is 3. The molecule has 1 atom stereocenters. The molecule has 0 bridgehead atoms. The van der Waals surface area contributed by atoms with Crippen LogP contribution in [0.25, 0.3) is 11.1 Å². The van der Waals surface area contributed by atoms with Gasteiger partial charge in [-0.2, -0.15) is 13.2 Å². The molecule has 0 heterocycles. The Morgan fingerprint density at radius 3 is 2.65 bits per heavy atom. The number of benzene rings is 2. The Hall–Kier alpha value is -2.54. The first-order chi connectivity index (χ1) is 12.3. The molecule has 2 aromatic rings. The van der Waals surface area contributed by atoms with E-state index in [1.807, 2.05) is 30.3 Å². The molecule has 0 aliphatic heterocycles. The third-order valence-corrected chi connectivity index (χ3v) is 4.06. The van der Waals surface area contributed by atoms with E-state index >= 15 is 0 Å². The predicted molar refractivity (Wildman–Crippen MR) is 93.2 cm³/mol. The second-order valence-electron chi connectivity index (χ2n) is 6.34. The summed E-state index contributed by atoms with van der Waals surface area (Å²) >= 11 is 0. The summed E-state index contributed by atoms with van der Waals surface area (Å²) in [5.74, 6) is 0. The second-order valence-corrected chi connectivity index (χ2v) is 6.34. The first-order valence-electron chi connectivity index (χ1n) is 8.25. The standard InChI is InChI=1S/C19H19F3N2O2/c1-12(10-26-11-19(20,21)22)23-18(25)24-15-6-7-17-14(9-15)8-13-4-2-3-5-16(13)17/h2-7,9,12H,8,10-11H2,1H3,(H2,23,24,25). The summed E-state index contributed by atoms with van der Waals surface area (Å²) in [6, 6.07) is 12.8. The fourth-order valence-corrected chi connectivity index (χ4v) is 3.01.